The van der Waals surface area contributed by atoms with E-state index in [0.717, 1.165) is 17.5 Å². The number of nitrogens with zero attached hydrogens (tertiary/aromatic N) is 3. The van der Waals surface area contributed by atoms with Gasteiger partial charge in [-0.05, 0) is 47.9 Å². The lowest BCUT2D eigenvalue weighted by atomic mass is 9.74. The first-order chi connectivity index (χ1) is 14.0. The first kappa shape index (κ1) is 21.7. The maximum Gasteiger partial charge on any atom is 0.422 e. The fraction of sp³-hybridized carbons (Fsp3) is 0.476. The van der Waals surface area contributed by atoms with Gasteiger partial charge in [0.15, 0.2) is 6.61 Å². The number of aromatic nitrogens is 2. The van der Waals surface area contributed by atoms with Gasteiger partial charge in [0.2, 0.25) is 0 Å². The lowest BCUT2D eigenvalue weighted by Gasteiger charge is -2.29. The minimum absolute atomic E-state index is 0.0384. The molecule has 2 aromatic rings. The molecule has 1 aliphatic carbocycles. The monoisotopic (exact) mass is 420 g/mol. The minimum atomic E-state index is -4.47. The van der Waals surface area contributed by atoms with E-state index < -0.39 is 18.7 Å². The predicted molar refractivity (Wildman–Crippen MR) is 103 cm³/mol. The van der Waals surface area contributed by atoms with Crippen LogP contribution in [0.3, 0.4) is 0 Å². The molecule has 30 heavy (non-hydrogen) atoms. The first-order valence-electron chi connectivity index (χ1n) is 9.54. The van der Waals surface area contributed by atoms with Crippen molar-refractivity contribution in [2.75, 3.05) is 6.61 Å². The number of hydrogen-bond donors (Lipinski definition) is 1. The molecule has 6 nitrogen and oxygen atoms in total. The van der Waals surface area contributed by atoms with Crippen LogP contribution in [-0.4, -0.2) is 28.2 Å². The van der Waals surface area contributed by atoms with Crippen molar-refractivity contribution in [3.05, 3.63) is 46.5 Å². The van der Waals surface area contributed by atoms with Gasteiger partial charge in [0.05, 0.1) is 6.54 Å². The first-order valence-corrected chi connectivity index (χ1v) is 9.54. The molecule has 9 heteroatoms. The van der Waals surface area contributed by atoms with Gasteiger partial charge in [0, 0.05) is 13.2 Å². The van der Waals surface area contributed by atoms with Gasteiger partial charge >= 0.3 is 6.18 Å². The molecule has 0 spiro atoms. The highest BCUT2D eigenvalue weighted by Crippen LogP contribution is 2.38. The Morgan fingerprint density at radius 2 is 2.13 bits per heavy atom. The third-order valence-corrected chi connectivity index (χ3v) is 5.29. The molecule has 1 amide bonds. The molecule has 2 heterocycles. The Kier molecular flexibility index (Phi) is 5.79. The molecule has 1 N–H and O–H groups in total. The molecule has 0 aliphatic heterocycles. The number of carbonyl (C=O) groups excluding carboxylic acids is 1. The van der Waals surface area contributed by atoms with E-state index in [1.165, 1.54) is 18.3 Å². The van der Waals surface area contributed by atoms with Gasteiger partial charge in [-0.15, -0.1) is 0 Å². The second kappa shape index (κ2) is 8.01. The quantitative estimate of drug-likeness (QED) is 0.800. The highest BCUT2D eigenvalue weighted by atomic mass is 19.4. The van der Waals surface area contributed by atoms with Crippen LogP contribution in [0.15, 0.2) is 18.3 Å². The summed E-state index contributed by atoms with van der Waals surface area (Å²) in [5, 5.41) is 12.3. The van der Waals surface area contributed by atoms with Crippen LogP contribution in [-0.2, 0) is 26.4 Å². The summed E-state index contributed by atoms with van der Waals surface area (Å²) in [6.07, 6.45) is -0.765. The van der Waals surface area contributed by atoms with Crippen LogP contribution in [0.2, 0.25) is 0 Å². The summed E-state index contributed by atoms with van der Waals surface area (Å²) < 4.78 is 43.8. The zero-order valence-electron chi connectivity index (χ0n) is 17.1. The molecular formula is C21H23F3N4O2. The molecular weight excluding hydrogens is 397 g/mol. The average Bonchev–Trinajstić information content (AvgIpc) is 2.93. The van der Waals surface area contributed by atoms with Crippen LogP contribution < -0.4 is 10.1 Å². The summed E-state index contributed by atoms with van der Waals surface area (Å²) in [5.41, 5.74) is 2.88. The Morgan fingerprint density at radius 1 is 1.40 bits per heavy atom. The van der Waals surface area contributed by atoms with E-state index in [4.69, 9.17) is 4.74 Å². The van der Waals surface area contributed by atoms with Crippen LogP contribution in [0.5, 0.6) is 5.75 Å². The second-order valence-corrected chi connectivity index (χ2v) is 8.20. The number of rotatable bonds is 5. The topological polar surface area (TPSA) is 79.9 Å². The number of nitriles is 1. The summed E-state index contributed by atoms with van der Waals surface area (Å²) in [6.45, 7) is 2.73. The third-order valence-electron chi connectivity index (χ3n) is 5.29. The minimum Gasteiger partial charge on any atom is -0.482 e. The smallest absolute Gasteiger partial charge is 0.422 e. The van der Waals surface area contributed by atoms with Crippen molar-refractivity contribution in [3.8, 4) is 11.8 Å². The van der Waals surface area contributed by atoms with Gasteiger partial charge in [-0.2, -0.15) is 18.4 Å². The predicted octanol–water partition coefficient (Wildman–Crippen LogP) is 3.68. The van der Waals surface area contributed by atoms with Crippen LogP contribution in [0, 0.1) is 16.7 Å². The molecule has 0 fully saturated rings. The maximum atomic E-state index is 12.9. The summed E-state index contributed by atoms with van der Waals surface area (Å²) >= 11 is 0. The number of carbonyl (C=O) groups is 1. The number of ether oxygens (including phenoxy) is 1. The molecule has 0 saturated heterocycles. The number of amides is 1. The van der Waals surface area contributed by atoms with Crippen molar-refractivity contribution in [3.63, 3.8) is 0 Å². The zero-order chi connectivity index (χ0) is 22.1. The Morgan fingerprint density at radius 3 is 2.80 bits per heavy atom. The molecule has 0 atom stereocenters. The summed E-state index contributed by atoms with van der Waals surface area (Å²) in [4.78, 5) is 17.0. The SMILES string of the molecule is Cn1c(C#N)c2c(c1C(=O)NCc1ncccc1OCC(F)(F)F)CCC(C)(C)C2. The molecule has 0 saturated carbocycles. The van der Waals surface area contributed by atoms with E-state index in [-0.39, 0.29) is 23.4 Å². The van der Waals surface area contributed by atoms with Gasteiger partial charge < -0.3 is 14.6 Å². The molecule has 1 aliphatic rings. The van der Waals surface area contributed by atoms with Crippen molar-refractivity contribution >= 4 is 5.91 Å². The van der Waals surface area contributed by atoms with Gasteiger partial charge in [0.25, 0.3) is 5.91 Å². The third kappa shape index (κ3) is 4.58. The number of halogens is 3. The molecule has 160 valence electrons. The van der Waals surface area contributed by atoms with E-state index in [9.17, 15) is 23.2 Å². The van der Waals surface area contributed by atoms with Crippen molar-refractivity contribution in [1.82, 2.24) is 14.9 Å². The molecule has 0 unspecified atom stereocenters. The van der Waals surface area contributed by atoms with E-state index in [1.807, 2.05) is 0 Å². The average molecular weight is 420 g/mol. The number of fused-ring (bicyclic) bond motifs is 1. The van der Waals surface area contributed by atoms with Crippen LogP contribution in [0.1, 0.15) is 53.3 Å². The Hall–Kier alpha value is -3.02. The highest BCUT2D eigenvalue weighted by molar-refractivity contribution is 5.95. The number of nitrogens with one attached hydrogen (secondary N) is 1. The van der Waals surface area contributed by atoms with E-state index in [0.29, 0.717) is 24.2 Å². The zero-order valence-corrected chi connectivity index (χ0v) is 17.1. The molecule has 0 bridgehead atoms. The number of hydrogen-bond acceptors (Lipinski definition) is 4. The molecule has 3 rings (SSSR count). The van der Waals surface area contributed by atoms with E-state index in [2.05, 4.69) is 30.2 Å². The Balaban J connectivity index is 1.81. The second-order valence-electron chi connectivity index (χ2n) is 8.20. The Bertz CT molecular complexity index is 1000. The fourth-order valence-electron chi connectivity index (χ4n) is 3.82. The fourth-order valence-corrected chi connectivity index (χ4v) is 3.82. The lowest BCUT2D eigenvalue weighted by molar-refractivity contribution is -0.153. The summed E-state index contributed by atoms with van der Waals surface area (Å²) in [6, 6.07) is 5.03. The number of alkyl halides is 3. The van der Waals surface area contributed by atoms with Gasteiger partial charge in [-0.1, -0.05) is 13.8 Å². The maximum absolute atomic E-state index is 12.9. The molecule has 2 aromatic heterocycles. The van der Waals surface area contributed by atoms with E-state index >= 15 is 0 Å². The van der Waals surface area contributed by atoms with Crippen LogP contribution >= 0.6 is 0 Å². The molecule has 0 radical (unpaired) electrons. The summed E-state index contributed by atoms with van der Waals surface area (Å²) in [5.74, 6) is -0.439. The lowest BCUT2D eigenvalue weighted by Crippen LogP contribution is -2.28. The van der Waals surface area contributed by atoms with Crippen molar-refractivity contribution in [1.29, 1.82) is 5.26 Å². The molecule has 0 aromatic carbocycles. The summed E-state index contributed by atoms with van der Waals surface area (Å²) in [7, 11) is 1.68. The van der Waals surface area contributed by atoms with Crippen LogP contribution in [0.25, 0.3) is 0 Å². The van der Waals surface area contributed by atoms with Gasteiger partial charge in [0.1, 0.15) is 28.9 Å². The van der Waals surface area contributed by atoms with Gasteiger partial charge in [-0.3, -0.25) is 9.78 Å². The standard InChI is InChI=1S/C21H23F3N4O2/c1-20(2)7-6-13-14(9-20)16(10-25)28(3)18(13)19(29)27-11-15-17(5-4-8-26-15)30-12-21(22,23)24/h4-5,8H,6-7,9,11-12H2,1-3H3,(H,27,29). The number of pyridine rings is 1. The van der Waals surface area contributed by atoms with Crippen molar-refractivity contribution in [2.45, 2.75) is 45.8 Å². The Labute approximate surface area is 172 Å². The van der Waals surface area contributed by atoms with Crippen LogP contribution in [0.4, 0.5) is 13.2 Å². The highest BCUT2D eigenvalue weighted by Gasteiger charge is 2.34. The normalized spacial score (nSPS) is 15.2. The van der Waals surface area contributed by atoms with E-state index in [1.54, 1.807) is 11.6 Å². The van der Waals surface area contributed by atoms with Crippen molar-refractivity contribution in [2.24, 2.45) is 12.5 Å². The largest absolute Gasteiger partial charge is 0.482 e. The van der Waals surface area contributed by atoms with Crippen molar-refractivity contribution < 1.29 is 22.7 Å². The van der Waals surface area contributed by atoms with Gasteiger partial charge in [-0.25, -0.2) is 0 Å².